The van der Waals surface area contributed by atoms with E-state index in [2.05, 4.69) is 58.9 Å². The minimum Gasteiger partial charge on any atom is -0.379 e. The zero-order valence-corrected chi connectivity index (χ0v) is 11.5. The topological polar surface area (TPSA) is 29.9 Å². The molecule has 2 aromatic carbocycles. The molecule has 0 unspecified atom stereocenters. The summed E-state index contributed by atoms with van der Waals surface area (Å²) in [6, 6.07) is 20.9. The van der Waals surface area contributed by atoms with Gasteiger partial charge in [-0.3, -0.25) is 4.68 Å². The fourth-order valence-corrected chi connectivity index (χ4v) is 2.16. The lowest BCUT2D eigenvalue weighted by Crippen LogP contribution is -2.00. The molecule has 0 spiro atoms. The van der Waals surface area contributed by atoms with E-state index in [0.717, 1.165) is 17.9 Å². The molecule has 0 atom stereocenters. The number of hydrogen-bond acceptors (Lipinski definition) is 2. The second-order valence-electron chi connectivity index (χ2n) is 4.78. The highest BCUT2D eigenvalue weighted by Crippen LogP contribution is 2.21. The van der Waals surface area contributed by atoms with Crippen LogP contribution >= 0.6 is 0 Å². The first kappa shape index (κ1) is 12.5. The summed E-state index contributed by atoms with van der Waals surface area (Å²) in [5.41, 5.74) is 4.62. The van der Waals surface area contributed by atoms with Crippen LogP contribution < -0.4 is 5.32 Å². The number of nitrogens with zero attached hydrogens (tertiary/aromatic N) is 2. The highest BCUT2D eigenvalue weighted by atomic mass is 15.3. The van der Waals surface area contributed by atoms with Crippen molar-refractivity contribution >= 4 is 5.69 Å². The monoisotopic (exact) mass is 263 g/mol. The lowest BCUT2D eigenvalue weighted by atomic mass is 10.1. The quantitative estimate of drug-likeness (QED) is 0.778. The van der Waals surface area contributed by atoms with Crippen molar-refractivity contribution in [2.45, 2.75) is 6.54 Å². The van der Waals surface area contributed by atoms with Gasteiger partial charge in [-0.1, -0.05) is 42.5 Å². The van der Waals surface area contributed by atoms with Crippen LogP contribution in [0, 0.1) is 0 Å². The van der Waals surface area contributed by atoms with Crippen molar-refractivity contribution < 1.29 is 0 Å². The molecule has 3 nitrogen and oxygen atoms in total. The molecule has 0 saturated carbocycles. The summed E-state index contributed by atoms with van der Waals surface area (Å²) in [4.78, 5) is 0. The Morgan fingerprint density at radius 3 is 2.25 bits per heavy atom. The Hall–Kier alpha value is -2.55. The molecule has 0 radical (unpaired) electrons. The maximum absolute atomic E-state index is 4.35. The molecule has 1 heterocycles. The highest BCUT2D eigenvalue weighted by Gasteiger charge is 1.99. The maximum Gasteiger partial charge on any atom is 0.0815 e. The van der Waals surface area contributed by atoms with Gasteiger partial charge in [0, 0.05) is 18.9 Å². The molecule has 0 aliphatic rings. The minimum atomic E-state index is 0.742. The number of hydrogen-bond donors (Lipinski definition) is 1. The predicted octanol–water partition coefficient (Wildman–Crippen LogP) is 3.70. The van der Waals surface area contributed by atoms with Crippen molar-refractivity contribution in [2.24, 2.45) is 7.05 Å². The van der Waals surface area contributed by atoms with Crippen molar-refractivity contribution in [2.75, 3.05) is 5.32 Å². The summed E-state index contributed by atoms with van der Waals surface area (Å²) in [5, 5.41) is 7.72. The van der Waals surface area contributed by atoms with Crippen LogP contribution in [0.4, 0.5) is 5.69 Å². The largest absolute Gasteiger partial charge is 0.379 e. The Balaban J connectivity index is 1.67. The Kier molecular flexibility index (Phi) is 3.50. The number of anilines is 1. The molecule has 1 aromatic heterocycles. The van der Waals surface area contributed by atoms with E-state index in [1.165, 1.54) is 11.1 Å². The van der Waals surface area contributed by atoms with Crippen LogP contribution in [0.1, 0.15) is 5.69 Å². The third-order valence-electron chi connectivity index (χ3n) is 3.23. The standard InChI is InChI=1S/C17H17N3/c1-20-12-11-17(19-20)13-18-16-9-7-15(8-10-16)14-5-3-2-4-6-14/h2-12,18H,13H2,1H3. The van der Waals surface area contributed by atoms with Crippen molar-refractivity contribution in [3.63, 3.8) is 0 Å². The van der Waals surface area contributed by atoms with Crippen LogP contribution in [-0.2, 0) is 13.6 Å². The van der Waals surface area contributed by atoms with Crippen molar-refractivity contribution in [1.29, 1.82) is 0 Å². The zero-order valence-electron chi connectivity index (χ0n) is 11.5. The molecule has 0 aliphatic carbocycles. The van der Waals surface area contributed by atoms with Crippen molar-refractivity contribution in [1.82, 2.24) is 9.78 Å². The molecule has 0 saturated heterocycles. The second-order valence-corrected chi connectivity index (χ2v) is 4.78. The summed E-state index contributed by atoms with van der Waals surface area (Å²) in [6.07, 6.45) is 1.95. The molecule has 0 aliphatic heterocycles. The lowest BCUT2D eigenvalue weighted by molar-refractivity contribution is 0.747. The van der Waals surface area contributed by atoms with Gasteiger partial charge in [-0.05, 0) is 29.3 Å². The molecule has 1 N–H and O–H groups in total. The van der Waals surface area contributed by atoms with Gasteiger partial charge >= 0.3 is 0 Å². The fourth-order valence-electron chi connectivity index (χ4n) is 2.16. The third-order valence-corrected chi connectivity index (χ3v) is 3.23. The first-order valence-electron chi connectivity index (χ1n) is 6.69. The lowest BCUT2D eigenvalue weighted by Gasteiger charge is -2.06. The van der Waals surface area contributed by atoms with Crippen molar-refractivity contribution in [3.05, 3.63) is 72.6 Å². The third kappa shape index (κ3) is 2.88. The molecule has 0 amide bonds. The first-order valence-corrected chi connectivity index (χ1v) is 6.69. The van der Waals surface area contributed by atoms with E-state index in [0.29, 0.717) is 0 Å². The van der Waals surface area contributed by atoms with Gasteiger partial charge in [0.2, 0.25) is 0 Å². The van der Waals surface area contributed by atoms with Crippen LogP contribution in [0.3, 0.4) is 0 Å². The van der Waals surface area contributed by atoms with Crippen LogP contribution in [0.15, 0.2) is 66.9 Å². The molecular weight excluding hydrogens is 246 g/mol. The van der Waals surface area contributed by atoms with E-state index in [4.69, 9.17) is 0 Å². The van der Waals surface area contributed by atoms with E-state index in [9.17, 15) is 0 Å². The second kappa shape index (κ2) is 5.61. The number of aromatic nitrogens is 2. The van der Waals surface area contributed by atoms with Gasteiger partial charge in [-0.2, -0.15) is 5.10 Å². The first-order chi connectivity index (χ1) is 9.81. The predicted molar refractivity (Wildman–Crippen MR) is 82.4 cm³/mol. The van der Waals surface area contributed by atoms with E-state index >= 15 is 0 Å². The summed E-state index contributed by atoms with van der Waals surface area (Å²) >= 11 is 0. The van der Waals surface area contributed by atoms with Crippen LogP contribution in [0.25, 0.3) is 11.1 Å². The molecule has 0 bridgehead atoms. The van der Waals surface area contributed by atoms with Crippen LogP contribution in [-0.4, -0.2) is 9.78 Å². The molecule has 100 valence electrons. The van der Waals surface area contributed by atoms with Gasteiger partial charge in [0.15, 0.2) is 0 Å². The number of nitrogens with one attached hydrogen (secondary N) is 1. The number of aryl methyl sites for hydroxylation is 1. The van der Waals surface area contributed by atoms with Gasteiger partial charge in [0.05, 0.1) is 12.2 Å². The molecular formula is C17H17N3. The van der Waals surface area contributed by atoms with Gasteiger partial charge in [-0.15, -0.1) is 0 Å². The van der Waals surface area contributed by atoms with E-state index in [1.54, 1.807) is 0 Å². The average molecular weight is 263 g/mol. The smallest absolute Gasteiger partial charge is 0.0815 e. The normalized spacial score (nSPS) is 10.4. The summed E-state index contributed by atoms with van der Waals surface area (Å²) in [6.45, 7) is 0.742. The van der Waals surface area contributed by atoms with E-state index < -0.39 is 0 Å². The number of rotatable bonds is 4. The summed E-state index contributed by atoms with van der Waals surface area (Å²) in [7, 11) is 1.93. The van der Waals surface area contributed by atoms with Crippen LogP contribution in [0.5, 0.6) is 0 Å². The highest BCUT2D eigenvalue weighted by molar-refractivity contribution is 5.65. The Labute approximate surface area is 118 Å². The molecule has 0 fully saturated rings. The Morgan fingerprint density at radius 1 is 0.900 bits per heavy atom. The zero-order chi connectivity index (χ0) is 13.8. The Bertz CT molecular complexity index is 669. The van der Waals surface area contributed by atoms with Gasteiger partial charge in [-0.25, -0.2) is 0 Å². The molecule has 20 heavy (non-hydrogen) atoms. The molecule has 3 heteroatoms. The minimum absolute atomic E-state index is 0.742. The molecule has 3 aromatic rings. The molecule has 3 rings (SSSR count). The van der Waals surface area contributed by atoms with Gasteiger partial charge < -0.3 is 5.32 Å². The van der Waals surface area contributed by atoms with Crippen molar-refractivity contribution in [3.8, 4) is 11.1 Å². The summed E-state index contributed by atoms with van der Waals surface area (Å²) in [5.74, 6) is 0. The van der Waals surface area contributed by atoms with Gasteiger partial charge in [0.25, 0.3) is 0 Å². The van der Waals surface area contributed by atoms with E-state index in [-0.39, 0.29) is 0 Å². The Morgan fingerprint density at radius 2 is 1.60 bits per heavy atom. The average Bonchev–Trinajstić information content (AvgIpc) is 2.92. The van der Waals surface area contributed by atoms with E-state index in [1.807, 2.05) is 30.1 Å². The van der Waals surface area contributed by atoms with Crippen LogP contribution in [0.2, 0.25) is 0 Å². The fraction of sp³-hybridized carbons (Fsp3) is 0.118. The maximum atomic E-state index is 4.35. The number of benzene rings is 2. The SMILES string of the molecule is Cn1ccc(CNc2ccc(-c3ccccc3)cc2)n1. The van der Waals surface area contributed by atoms with Gasteiger partial charge in [0.1, 0.15) is 0 Å². The summed E-state index contributed by atoms with van der Waals surface area (Å²) < 4.78 is 1.81.